The molecule has 0 aromatic heterocycles. The highest BCUT2D eigenvalue weighted by molar-refractivity contribution is 5.76. The number of carboxylic acid groups (broad SMARTS) is 1. The Morgan fingerprint density at radius 2 is 2.10 bits per heavy atom. The Hall–Kier alpha value is -1.30. The largest absolute Gasteiger partial charge is 0.481 e. The molecule has 1 rings (SSSR count). The molecule has 0 aliphatic carbocycles. The maximum absolute atomic E-state index is 12.2. The second-order valence-electron chi connectivity index (χ2n) is 6.97. The summed E-state index contributed by atoms with van der Waals surface area (Å²) in [6.07, 6.45) is 1.35. The van der Waals surface area contributed by atoms with E-state index >= 15 is 0 Å². The molecule has 6 heteroatoms. The number of carboxylic acids is 1. The van der Waals surface area contributed by atoms with Gasteiger partial charge in [-0.1, -0.05) is 20.8 Å². The van der Waals surface area contributed by atoms with E-state index in [1.165, 1.54) is 0 Å². The van der Waals surface area contributed by atoms with Gasteiger partial charge >= 0.3 is 12.0 Å². The van der Waals surface area contributed by atoms with Gasteiger partial charge in [0.25, 0.3) is 0 Å². The van der Waals surface area contributed by atoms with Crippen molar-refractivity contribution in [3.63, 3.8) is 0 Å². The molecular weight excluding hydrogens is 272 g/mol. The number of urea groups is 1. The lowest BCUT2D eigenvalue weighted by Crippen LogP contribution is -2.45. The first-order chi connectivity index (χ1) is 9.69. The number of hydrogen-bond donors (Lipinski definition) is 2. The topological polar surface area (TPSA) is 78.9 Å². The Kier molecular flexibility index (Phi) is 6.45. The van der Waals surface area contributed by atoms with E-state index in [-0.39, 0.29) is 24.1 Å². The summed E-state index contributed by atoms with van der Waals surface area (Å²) in [7, 11) is 0. The van der Waals surface area contributed by atoms with Gasteiger partial charge in [0.05, 0.1) is 12.0 Å². The van der Waals surface area contributed by atoms with Gasteiger partial charge in [0.2, 0.25) is 0 Å². The molecule has 1 saturated heterocycles. The monoisotopic (exact) mass is 300 g/mol. The zero-order valence-electron chi connectivity index (χ0n) is 13.5. The van der Waals surface area contributed by atoms with Crippen LogP contribution in [0.3, 0.4) is 0 Å². The van der Waals surface area contributed by atoms with Crippen LogP contribution in [-0.4, -0.2) is 54.4 Å². The number of nitrogens with one attached hydrogen (secondary N) is 1. The third kappa shape index (κ3) is 6.80. The van der Waals surface area contributed by atoms with Crippen molar-refractivity contribution in [3.8, 4) is 0 Å². The van der Waals surface area contributed by atoms with Crippen LogP contribution in [0.4, 0.5) is 4.79 Å². The summed E-state index contributed by atoms with van der Waals surface area (Å²) in [5, 5.41) is 12.0. The zero-order chi connectivity index (χ0) is 16.0. The van der Waals surface area contributed by atoms with E-state index in [4.69, 9.17) is 4.74 Å². The maximum atomic E-state index is 12.2. The molecule has 2 atom stereocenters. The number of rotatable bonds is 4. The summed E-state index contributed by atoms with van der Waals surface area (Å²) in [6.45, 7) is 9.95. The smallest absolute Gasteiger partial charge is 0.317 e. The van der Waals surface area contributed by atoms with Crippen molar-refractivity contribution in [1.29, 1.82) is 0 Å². The molecule has 1 aliphatic rings. The molecule has 0 aromatic rings. The quantitative estimate of drug-likeness (QED) is 0.831. The normalized spacial score (nSPS) is 21.5. The fourth-order valence-electron chi connectivity index (χ4n) is 2.49. The molecule has 1 aliphatic heterocycles. The minimum Gasteiger partial charge on any atom is -0.481 e. The molecule has 1 heterocycles. The molecule has 0 radical (unpaired) electrons. The lowest BCUT2D eigenvalue weighted by atomic mass is 9.84. The molecule has 21 heavy (non-hydrogen) atoms. The summed E-state index contributed by atoms with van der Waals surface area (Å²) >= 11 is 0. The van der Waals surface area contributed by atoms with Crippen LogP contribution in [0.15, 0.2) is 0 Å². The van der Waals surface area contributed by atoms with E-state index in [9.17, 15) is 14.7 Å². The molecule has 0 aromatic carbocycles. The first-order valence-electron chi connectivity index (χ1n) is 7.56. The van der Waals surface area contributed by atoms with E-state index in [0.29, 0.717) is 26.1 Å². The lowest BCUT2D eigenvalue weighted by molar-refractivity contribution is -0.142. The highest BCUT2D eigenvalue weighted by atomic mass is 16.5. The van der Waals surface area contributed by atoms with Gasteiger partial charge in [-0.2, -0.15) is 0 Å². The number of carbonyl (C=O) groups is 2. The highest BCUT2D eigenvalue weighted by Crippen LogP contribution is 2.24. The van der Waals surface area contributed by atoms with Crippen LogP contribution >= 0.6 is 0 Å². The van der Waals surface area contributed by atoms with Gasteiger partial charge in [0.1, 0.15) is 0 Å². The molecule has 2 N–H and O–H groups in total. The highest BCUT2D eigenvalue weighted by Gasteiger charge is 2.26. The van der Waals surface area contributed by atoms with Gasteiger partial charge < -0.3 is 20.1 Å². The van der Waals surface area contributed by atoms with Crippen molar-refractivity contribution in [1.82, 2.24) is 10.2 Å². The molecular formula is C15H28N2O4. The van der Waals surface area contributed by atoms with Crippen LogP contribution in [0.5, 0.6) is 0 Å². The molecule has 122 valence electrons. The Morgan fingerprint density at radius 3 is 2.67 bits per heavy atom. The number of carbonyl (C=O) groups excluding carboxylic acids is 1. The van der Waals surface area contributed by atoms with Gasteiger partial charge in [0, 0.05) is 26.2 Å². The number of aliphatic carboxylic acids is 1. The third-order valence-electron chi connectivity index (χ3n) is 3.45. The van der Waals surface area contributed by atoms with Crippen LogP contribution in [0.2, 0.25) is 0 Å². The Morgan fingerprint density at radius 1 is 1.43 bits per heavy atom. The Labute approximate surface area is 126 Å². The van der Waals surface area contributed by atoms with Gasteiger partial charge in [-0.15, -0.1) is 0 Å². The first-order valence-corrected chi connectivity index (χ1v) is 7.56. The van der Waals surface area contributed by atoms with Crippen molar-refractivity contribution in [3.05, 3.63) is 0 Å². The summed E-state index contributed by atoms with van der Waals surface area (Å²) < 4.78 is 5.50. The fraction of sp³-hybridized carbons (Fsp3) is 0.867. The third-order valence-corrected chi connectivity index (χ3v) is 3.45. The standard InChI is InChI=1S/C15H28N2O4/c1-11-10-17(6-5-7-21-11)14(20)16-9-12(13(18)19)8-15(2,3)4/h11-12H,5-10H2,1-4H3,(H,16,20)(H,18,19). The predicted octanol–water partition coefficient (Wildman–Crippen LogP) is 1.94. The molecule has 0 bridgehead atoms. The molecule has 6 nitrogen and oxygen atoms in total. The van der Waals surface area contributed by atoms with Crippen LogP contribution in [0, 0.1) is 11.3 Å². The molecule has 0 saturated carbocycles. The minimum absolute atomic E-state index is 0.0168. The molecule has 2 amide bonds. The summed E-state index contributed by atoms with van der Waals surface area (Å²) in [5.41, 5.74) is -0.0846. The number of nitrogens with zero attached hydrogens (tertiary/aromatic N) is 1. The summed E-state index contributed by atoms with van der Waals surface area (Å²) in [6, 6.07) is -0.201. The predicted molar refractivity (Wildman–Crippen MR) is 80.2 cm³/mol. The Bertz CT molecular complexity index is 365. The van der Waals surface area contributed by atoms with Crippen molar-refractivity contribution in [2.24, 2.45) is 11.3 Å². The van der Waals surface area contributed by atoms with E-state index in [2.05, 4.69) is 5.32 Å². The Balaban J connectivity index is 2.50. The summed E-state index contributed by atoms with van der Waals surface area (Å²) in [5.74, 6) is -1.42. The number of amides is 2. The van der Waals surface area contributed by atoms with Crippen LogP contribution in [-0.2, 0) is 9.53 Å². The van der Waals surface area contributed by atoms with E-state index in [1.54, 1.807) is 4.90 Å². The molecule has 1 fully saturated rings. The maximum Gasteiger partial charge on any atom is 0.317 e. The number of hydrogen-bond acceptors (Lipinski definition) is 3. The van der Waals surface area contributed by atoms with Gasteiger partial charge in [-0.05, 0) is 25.2 Å². The SMILES string of the molecule is CC1CN(C(=O)NCC(CC(C)(C)C)C(=O)O)CCCO1. The first kappa shape index (κ1) is 17.8. The van der Waals surface area contributed by atoms with Crippen molar-refractivity contribution in [2.45, 2.75) is 46.6 Å². The van der Waals surface area contributed by atoms with E-state index < -0.39 is 11.9 Å². The van der Waals surface area contributed by atoms with E-state index in [1.807, 2.05) is 27.7 Å². The second kappa shape index (κ2) is 7.64. The van der Waals surface area contributed by atoms with Crippen molar-refractivity contribution >= 4 is 12.0 Å². The van der Waals surface area contributed by atoms with E-state index in [0.717, 1.165) is 6.42 Å². The second-order valence-corrected chi connectivity index (χ2v) is 6.97. The summed E-state index contributed by atoms with van der Waals surface area (Å²) in [4.78, 5) is 25.1. The van der Waals surface area contributed by atoms with Gasteiger partial charge in [-0.3, -0.25) is 4.79 Å². The minimum atomic E-state index is -0.863. The van der Waals surface area contributed by atoms with Crippen LogP contribution in [0.25, 0.3) is 0 Å². The fourth-order valence-corrected chi connectivity index (χ4v) is 2.49. The van der Waals surface area contributed by atoms with Crippen molar-refractivity contribution in [2.75, 3.05) is 26.2 Å². The van der Waals surface area contributed by atoms with Crippen LogP contribution < -0.4 is 5.32 Å². The zero-order valence-corrected chi connectivity index (χ0v) is 13.5. The average molecular weight is 300 g/mol. The van der Waals surface area contributed by atoms with Gasteiger partial charge in [0.15, 0.2) is 0 Å². The molecule has 2 unspecified atom stereocenters. The van der Waals surface area contributed by atoms with Gasteiger partial charge in [-0.25, -0.2) is 4.79 Å². The average Bonchev–Trinajstić information content (AvgIpc) is 2.57. The number of ether oxygens (including phenoxy) is 1. The lowest BCUT2D eigenvalue weighted by Gasteiger charge is -2.26. The van der Waals surface area contributed by atoms with Crippen LogP contribution in [0.1, 0.15) is 40.5 Å². The molecule has 0 spiro atoms. The van der Waals surface area contributed by atoms with Crippen molar-refractivity contribution < 1.29 is 19.4 Å².